The lowest BCUT2D eigenvalue weighted by Crippen LogP contribution is -2.58. The Labute approximate surface area is 187 Å². The van der Waals surface area contributed by atoms with Crippen molar-refractivity contribution in [1.82, 2.24) is 10.7 Å². The van der Waals surface area contributed by atoms with Crippen molar-refractivity contribution < 1.29 is 19.5 Å². The Bertz CT molecular complexity index is 1020. The minimum Gasteiger partial charge on any atom is -0.506 e. The molecule has 3 rings (SSSR count). The Hall–Kier alpha value is -2.63. The van der Waals surface area contributed by atoms with Crippen molar-refractivity contribution in [1.29, 1.82) is 0 Å². The third-order valence-electron chi connectivity index (χ3n) is 3.89. The summed E-state index contributed by atoms with van der Waals surface area (Å²) in [5, 5.41) is 15.9. The van der Waals surface area contributed by atoms with E-state index in [1.54, 1.807) is 30.3 Å². The number of anilines is 1. The summed E-state index contributed by atoms with van der Waals surface area (Å²) in [4.78, 5) is 38.4. The number of nitrogens with zero attached hydrogens (tertiary/aromatic N) is 2. The quantitative estimate of drug-likeness (QED) is 0.239. The molecule has 8 nitrogen and oxygen atoms in total. The fourth-order valence-electron chi connectivity index (χ4n) is 2.47. The number of benzene rings is 2. The lowest BCUT2D eigenvalue weighted by molar-refractivity contribution is -0.130. The predicted molar refractivity (Wildman–Crippen MR) is 118 cm³/mol. The van der Waals surface area contributed by atoms with Crippen LogP contribution in [0.2, 0.25) is 0 Å². The molecule has 29 heavy (non-hydrogen) atoms. The Morgan fingerprint density at radius 1 is 1.21 bits per heavy atom. The molecule has 2 aromatic carbocycles. The van der Waals surface area contributed by atoms with Gasteiger partial charge in [0, 0.05) is 11.8 Å². The van der Waals surface area contributed by atoms with Crippen LogP contribution in [0.25, 0.3) is 0 Å². The smallest absolute Gasteiger partial charge is 0.271 e. The number of amides is 3. The maximum absolute atomic E-state index is 12.8. The van der Waals surface area contributed by atoms with Gasteiger partial charge >= 0.3 is 0 Å². The number of halogens is 2. The topological polar surface area (TPSA) is 111 Å². The van der Waals surface area contributed by atoms with E-state index >= 15 is 0 Å². The van der Waals surface area contributed by atoms with Crippen LogP contribution in [0, 0.1) is 5.92 Å². The number of hydrazone groups is 1. The molecule has 1 atom stereocenters. The van der Waals surface area contributed by atoms with Crippen molar-refractivity contribution in [2.24, 2.45) is 11.0 Å². The maximum atomic E-state index is 12.8. The van der Waals surface area contributed by atoms with E-state index in [1.165, 1.54) is 17.0 Å². The van der Waals surface area contributed by atoms with Crippen LogP contribution < -0.4 is 15.6 Å². The number of para-hydroxylation sites is 1. The molecule has 2 aromatic rings. The Balaban J connectivity index is 1.75. The van der Waals surface area contributed by atoms with Crippen molar-refractivity contribution in [3.8, 4) is 5.75 Å². The van der Waals surface area contributed by atoms with Crippen LogP contribution in [-0.2, 0) is 9.59 Å². The molecule has 11 heteroatoms. The molecule has 1 heterocycles. The summed E-state index contributed by atoms with van der Waals surface area (Å²) in [6.07, 6.45) is 1.04. The molecule has 1 fully saturated rings. The number of carbonyl (C=O) groups excluding carboxylic acids is 3. The lowest BCUT2D eigenvalue weighted by atomic mass is 10.1. The molecule has 0 aliphatic carbocycles. The number of carbonyl (C=O) groups is 3. The highest BCUT2D eigenvalue weighted by Gasteiger charge is 2.38. The zero-order valence-electron chi connectivity index (χ0n) is 14.4. The van der Waals surface area contributed by atoms with Crippen LogP contribution in [0.5, 0.6) is 5.75 Å². The van der Waals surface area contributed by atoms with E-state index in [2.05, 4.69) is 47.7 Å². The van der Waals surface area contributed by atoms with Gasteiger partial charge < -0.3 is 10.4 Å². The van der Waals surface area contributed by atoms with Gasteiger partial charge in [-0.15, -0.1) is 0 Å². The number of nitrogens with one attached hydrogen (secondary N) is 2. The summed E-state index contributed by atoms with van der Waals surface area (Å²) >= 11 is 11.4. The highest BCUT2D eigenvalue weighted by Crippen LogP contribution is 2.33. The SMILES string of the molecule is O=C(N/N=C\[C@@H]1C(=O)NC(=S)N(c2ccccc2)C1=O)c1cc(Br)c(O)c(Br)c1. The summed E-state index contributed by atoms with van der Waals surface area (Å²) < 4.78 is 0.629. The zero-order chi connectivity index (χ0) is 21.1. The van der Waals surface area contributed by atoms with E-state index in [-0.39, 0.29) is 16.4 Å². The highest BCUT2D eigenvalue weighted by molar-refractivity contribution is 9.11. The van der Waals surface area contributed by atoms with Crippen molar-refractivity contribution in [3.05, 3.63) is 57.0 Å². The van der Waals surface area contributed by atoms with Gasteiger partial charge in [-0.2, -0.15) is 5.10 Å². The molecule has 0 spiro atoms. The van der Waals surface area contributed by atoms with Gasteiger partial charge in [0.2, 0.25) is 5.91 Å². The minimum atomic E-state index is -1.26. The van der Waals surface area contributed by atoms with Crippen LogP contribution in [0.15, 0.2) is 56.5 Å². The van der Waals surface area contributed by atoms with Gasteiger partial charge in [-0.05, 0) is 68.3 Å². The number of rotatable bonds is 4. The summed E-state index contributed by atoms with van der Waals surface area (Å²) in [7, 11) is 0. The largest absolute Gasteiger partial charge is 0.506 e. The van der Waals surface area contributed by atoms with E-state index in [0.717, 1.165) is 6.21 Å². The number of aromatic hydroxyl groups is 1. The Morgan fingerprint density at radius 3 is 2.45 bits per heavy atom. The van der Waals surface area contributed by atoms with E-state index in [4.69, 9.17) is 12.2 Å². The second-order valence-electron chi connectivity index (χ2n) is 5.79. The second-order valence-corrected chi connectivity index (χ2v) is 7.88. The van der Waals surface area contributed by atoms with Gasteiger partial charge in [0.05, 0.1) is 14.6 Å². The van der Waals surface area contributed by atoms with Gasteiger partial charge in [-0.25, -0.2) is 5.43 Å². The first kappa shape index (κ1) is 21.1. The molecule has 0 unspecified atom stereocenters. The number of phenols is 1. The Kier molecular flexibility index (Phi) is 6.40. The summed E-state index contributed by atoms with van der Waals surface area (Å²) in [5.41, 5.74) is 2.95. The number of hydrogen-bond acceptors (Lipinski definition) is 6. The average molecular weight is 540 g/mol. The lowest BCUT2D eigenvalue weighted by Gasteiger charge is -2.30. The molecule has 1 saturated heterocycles. The molecule has 148 valence electrons. The average Bonchev–Trinajstić information content (AvgIpc) is 2.68. The molecular weight excluding hydrogens is 528 g/mol. The van der Waals surface area contributed by atoms with Gasteiger partial charge in [0.15, 0.2) is 11.0 Å². The number of thiocarbonyl (C=S) groups is 1. The second kappa shape index (κ2) is 8.80. The van der Waals surface area contributed by atoms with E-state index < -0.39 is 23.6 Å². The standard InChI is InChI=1S/C18H12Br2N4O4S/c19-12-6-9(7-13(20)14(12)25)15(26)23-21-8-11-16(27)22-18(29)24(17(11)28)10-4-2-1-3-5-10/h1-8,11,25H,(H,23,26)(H,22,27,29)/b21-8-/t11-/m1/s1. The third kappa shape index (κ3) is 4.52. The van der Waals surface area contributed by atoms with Gasteiger partial charge in [0.1, 0.15) is 5.75 Å². The third-order valence-corrected chi connectivity index (χ3v) is 5.38. The van der Waals surface area contributed by atoms with Gasteiger partial charge in [0.25, 0.3) is 11.8 Å². The molecule has 0 saturated carbocycles. The molecule has 1 aliphatic rings. The van der Waals surface area contributed by atoms with E-state index in [1.807, 2.05) is 0 Å². The molecule has 0 aromatic heterocycles. The molecule has 1 aliphatic heterocycles. The fraction of sp³-hybridized carbons (Fsp3) is 0.0556. The van der Waals surface area contributed by atoms with E-state index in [9.17, 15) is 19.5 Å². The van der Waals surface area contributed by atoms with Crippen molar-refractivity contribution in [2.75, 3.05) is 4.90 Å². The molecule has 3 amide bonds. The number of phenolic OH excluding ortho intramolecular Hbond substituents is 1. The van der Waals surface area contributed by atoms with Crippen LogP contribution >= 0.6 is 44.1 Å². The molecule has 3 N–H and O–H groups in total. The van der Waals surface area contributed by atoms with Crippen LogP contribution in [0.4, 0.5) is 5.69 Å². The highest BCUT2D eigenvalue weighted by atomic mass is 79.9. The fourth-order valence-corrected chi connectivity index (χ4v) is 3.96. The zero-order valence-corrected chi connectivity index (χ0v) is 18.4. The van der Waals surface area contributed by atoms with Gasteiger partial charge in [-0.1, -0.05) is 18.2 Å². The van der Waals surface area contributed by atoms with Crippen molar-refractivity contribution >= 4 is 78.8 Å². The van der Waals surface area contributed by atoms with Crippen LogP contribution in [0.1, 0.15) is 10.4 Å². The van der Waals surface area contributed by atoms with E-state index in [0.29, 0.717) is 14.6 Å². The van der Waals surface area contributed by atoms with Crippen molar-refractivity contribution in [3.63, 3.8) is 0 Å². The normalized spacial score (nSPS) is 16.8. The Morgan fingerprint density at radius 2 is 1.83 bits per heavy atom. The van der Waals surface area contributed by atoms with Crippen LogP contribution in [0.3, 0.4) is 0 Å². The minimum absolute atomic E-state index is 0.0290. The predicted octanol–water partition coefficient (Wildman–Crippen LogP) is 2.70. The molecule has 0 radical (unpaired) electrons. The number of hydrogen-bond donors (Lipinski definition) is 3. The summed E-state index contributed by atoms with van der Waals surface area (Å²) in [6.45, 7) is 0. The first-order valence-corrected chi connectivity index (χ1v) is 10.0. The van der Waals surface area contributed by atoms with Crippen LogP contribution in [-0.4, -0.2) is 34.2 Å². The van der Waals surface area contributed by atoms with Gasteiger partial charge in [-0.3, -0.25) is 19.3 Å². The van der Waals surface area contributed by atoms with Crippen molar-refractivity contribution in [2.45, 2.75) is 0 Å². The molecule has 0 bridgehead atoms. The summed E-state index contributed by atoms with van der Waals surface area (Å²) in [5.74, 6) is -3.13. The molecular formula is C18H12Br2N4O4S. The summed E-state index contributed by atoms with van der Waals surface area (Å²) in [6, 6.07) is 11.4. The first-order chi connectivity index (χ1) is 13.8. The monoisotopic (exact) mass is 538 g/mol. The maximum Gasteiger partial charge on any atom is 0.271 e. The first-order valence-electron chi connectivity index (χ1n) is 8.05.